The molecule has 1 aromatic rings. The Bertz CT molecular complexity index is 1590. The van der Waals surface area contributed by atoms with Gasteiger partial charge in [0.05, 0.1) is 18.1 Å². The SMILES string of the molecule is [C-]#[N+]c1cnc(N2CC[C@]3(C)[C@H]4CC[C@@H]5[C@H]6[C@H](C(=C)C)CC[C@]6(CNCCCN6CCS(=O)(=O)CC6)CC[C@@]5(C)[C@]4(C)CC[C@H]3C2(C)C)nc1. The highest BCUT2D eigenvalue weighted by molar-refractivity contribution is 7.91. The summed E-state index contributed by atoms with van der Waals surface area (Å²) in [5.74, 6) is 4.76. The molecule has 6 fully saturated rings. The minimum absolute atomic E-state index is 0.0543. The summed E-state index contributed by atoms with van der Waals surface area (Å²) < 4.78 is 23.7. The third-order valence-electron chi connectivity index (χ3n) is 16.7. The molecule has 7 rings (SSSR count). The largest absolute Gasteiger partial charge is 0.335 e. The van der Waals surface area contributed by atoms with Crippen molar-refractivity contribution in [3.63, 3.8) is 0 Å². The van der Waals surface area contributed by atoms with Crippen molar-refractivity contribution >= 4 is 21.5 Å². The van der Waals surface area contributed by atoms with Crippen molar-refractivity contribution in [2.75, 3.05) is 55.7 Å². The van der Waals surface area contributed by atoms with Crippen LogP contribution < -0.4 is 10.2 Å². The van der Waals surface area contributed by atoms with Gasteiger partial charge in [0.2, 0.25) is 11.6 Å². The Balaban J connectivity index is 1.08. The van der Waals surface area contributed by atoms with Gasteiger partial charge in [-0.15, -0.1) is 0 Å². The van der Waals surface area contributed by atoms with E-state index < -0.39 is 9.84 Å². The smallest absolute Gasteiger partial charge is 0.223 e. The molecular formula is C41H64N6O2S. The quantitative estimate of drug-likeness (QED) is 0.170. The fourth-order valence-electron chi connectivity index (χ4n) is 13.9. The number of rotatable bonds is 8. The maximum atomic E-state index is 11.9. The molecule has 2 aliphatic heterocycles. The van der Waals surface area contributed by atoms with Gasteiger partial charge in [0.15, 0.2) is 9.84 Å². The van der Waals surface area contributed by atoms with Crippen LogP contribution >= 0.6 is 0 Å². The lowest BCUT2D eigenvalue weighted by atomic mass is 9.33. The standard InChI is InChI=1S/C41H64N6O2S/c1-29(2)31-12-15-41(28-43-19-9-20-46-22-24-50(48,49)25-23-46)17-16-39(6)32(35(31)41)10-11-34-38(5)18-21-47(36-44-26-30(42-8)27-45-36)37(3,4)33(38)13-14-40(34,39)7/h26-27,31-35,43H,1,9-25,28H2,2-7H3/t31-,32+,33-,34+,35+,38-,39+,40+,41+/m0/s1. The second kappa shape index (κ2) is 12.8. The zero-order chi connectivity index (χ0) is 35.7. The van der Waals surface area contributed by atoms with Gasteiger partial charge >= 0.3 is 0 Å². The maximum absolute atomic E-state index is 11.9. The molecule has 9 atom stereocenters. The van der Waals surface area contributed by atoms with Crippen molar-refractivity contribution in [1.82, 2.24) is 20.2 Å². The van der Waals surface area contributed by atoms with Crippen molar-refractivity contribution in [2.45, 2.75) is 111 Å². The number of piperidine rings is 1. The molecule has 276 valence electrons. The number of nitrogens with one attached hydrogen (secondary N) is 1. The normalized spacial score (nSPS) is 42.0. The number of sulfone groups is 1. The van der Waals surface area contributed by atoms with E-state index >= 15 is 0 Å². The summed E-state index contributed by atoms with van der Waals surface area (Å²) in [5.41, 5.74) is 3.13. The van der Waals surface area contributed by atoms with Crippen LogP contribution in [0.4, 0.5) is 11.6 Å². The molecule has 0 radical (unpaired) electrons. The average molecular weight is 705 g/mol. The van der Waals surface area contributed by atoms with E-state index in [4.69, 9.17) is 6.57 Å². The second-order valence-electron chi connectivity index (χ2n) is 19.0. The summed E-state index contributed by atoms with van der Waals surface area (Å²) >= 11 is 0. The topological polar surface area (TPSA) is 82.8 Å². The molecule has 0 amide bonds. The van der Waals surface area contributed by atoms with E-state index in [2.05, 4.69) is 78.1 Å². The molecule has 9 heteroatoms. The van der Waals surface area contributed by atoms with Crippen LogP contribution in [0.5, 0.6) is 0 Å². The van der Waals surface area contributed by atoms with Crippen LogP contribution in [0.1, 0.15) is 106 Å². The molecule has 4 saturated carbocycles. The number of hydrogen-bond acceptors (Lipinski definition) is 7. The van der Waals surface area contributed by atoms with Gasteiger partial charge in [-0.1, -0.05) is 32.9 Å². The second-order valence-corrected chi connectivity index (χ2v) is 21.3. The highest BCUT2D eigenvalue weighted by Crippen LogP contribution is 2.76. The number of fused-ring (bicyclic) bond motifs is 7. The van der Waals surface area contributed by atoms with Gasteiger partial charge in [0, 0.05) is 44.1 Å². The lowest BCUT2D eigenvalue weighted by molar-refractivity contribution is -0.227. The van der Waals surface area contributed by atoms with Crippen LogP contribution in [0.3, 0.4) is 0 Å². The number of aromatic nitrogens is 2. The monoisotopic (exact) mass is 704 g/mol. The Morgan fingerprint density at radius 3 is 2.34 bits per heavy atom. The molecule has 4 aliphatic carbocycles. The predicted molar refractivity (Wildman–Crippen MR) is 203 cm³/mol. The number of hydrogen-bond donors (Lipinski definition) is 1. The third-order valence-corrected chi connectivity index (χ3v) is 18.3. The van der Waals surface area contributed by atoms with E-state index in [1.54, 1.807) is 12.4 Å². The molecular weight excluding hydrogens is 641 g/mol. The van der Waals surface area contributed by atoms with Crippen molar-refractivity contribution < 1.29 is 8.42 Å². The zero-order valence-corrected chi connectivity index (χ0v) is 32.8. The number of anilines is 1. The third kappa shape index (κ3) is 5.68. The van der Waals surface area contributed by atoms with Crippen LogP contribution in [0.2, 0.25) is 0 Å². The van der Waals surface area contributed by atoms with E-state index in [1.165, 1.54) is 63.4 Å². The first-order valence-corrected chi connectivity index (χ1v) is 21.7. The van der Waals surface area contributed by atoms with Gasteiger partial charge in [0.1, 0.15) is 0 Å². The molecule has 3 heterocycles. The van der Waals surface area contributed by atoms with Gasteiger partial charge < -0.3 is 15.1 Å². The summed E-state index contributed by atoms with van der Waals surface area (Å²) in [4.78, 5) is 17.7. The lowest BCUT2D eigenvalue weighted by Crippen LogP contribution is -2.70. The van der Waals surface area contributed by atoms with Crippen LogP contribution in [-0.2, 0) is 9.84 Å². The minimum Gasteiger partial charge on any atom is -0.335 e. The first-order chi connectivity index (χ1) is 23.6. The summed E-state index contributed by atoms with van der Waals surface area (Å²) in [6.45, 7) is 32.8. The highest BCUT2D eigenvalue weighted by atomic mass is 32.2. The molecule has 2 saturated heterocycles. The van der Waals surface area contributed by atoms with Crippen molar-refractivity contribution in [3.05, 3.63) is 36.0 Å². The van der Waals surface area contributed by atoms with Crippen LogP contribution in [0.15, 0.2) is 24.5 Å². The Morgan fingerprint density at radius 1 is 0.940 bits per heavy atom. The average Bonchev–Trinajstić information content (AvgIpc) is 3.46. The van der Waals surface area contributed by atoms with E-state index in [0.29, 0.717) is 70.2 Å². The van der Waals surface area contributed by atoms with E-state index in [0.717, 1.165) is 44.5 Å². The predicted octanol–water partition coefficient (Wildman–Crippen LogP) is 7.56. The molecule has 50 heavy (non-hydrogen) atoms. The van der Waals surface area contributed by atoms with Crippen molar-refractivity contribution in [3.8, 4) is 0 Å². The highest BCUT2D eigenvalue weighted by Gasteiger charge is 2.70. The minimum atomic E-state index is -2.82. The van der Waals surface area contributed by atoms with Gasteiger partial charge in [-0.05, 0) is 149 Å². The summed E-state index contributed by atoms with van der Waals surface area (Å²) in [7, 11) is -2.82. The van der Waals surface area contributed by atoms with Crippen molar-refractivity contribution in [1.29, 1.82) is 0 Å². The van der Waals surface area contributed by atoms with Gasteiger partial charge in [-0.25, -0.2) is 23.2 Å². The van der Waals surface area contributed by atoms with Gasteiger partial charge in [-0.2, -0.15) is 0 Å². The van der Waals surface area contributed by atoms with Crippen LogP contribution in [0, 0.1) is 57.8 Å². The molecule has 6 aliphatic rings. The van der Waals surface area contributed by atoms with Crippen molar-refractivity contribution in [2.24, 2.45) is 51.2 Å². The summed E-state index contributed by atoms with van der Waals surface area (Å²) in [6.07, 6.45) is 16.1. The molecule has 0 spiro atoms. The lowest BCUT2D eigenvalue weighted by Gasteiger charge is -2.73. The van der Waals surface area contributed by atoms with E-state index in [9.17, 15) is 8.42 Å². The van der Waals surface area contributed by atoms with E-state index in [-0.39, 0.29) is 11.0 Å². The molecule has 1 N–H and O–H groups in total. The Hall–Kier alpha value is -2.02. The van der Waals surface area contributed by atoms with Gasteiger partial charge in [-0.3, -0.25) is 0 Å². The van der Waals surface area contributed by atoms with Gasteiger partial charge in [0.25, 0.3) is 0 Å². The Morgan fingerprint density at radius 2 is 1.66 bits per heavy atom. The van der Waals surface area contributed by atoms with Crippen LogP contribution in [-0.4, -0.2) is 79.6 Å². The zero-order valence-electron chi connectivity index (χ0n) is 31.9. The van der Waals surface area contributed by atoms with E-state index in [1.807, 2.05) is 0 Å². The summed E-state index contributed by atoms with van der Waals surface area (Å²) in [6, 6.07) is 0. The molecule has 8 nitrogen and oxygen atoms in total. The van der Waals surface area contributed by atoms with Crippen LogP contribution in [0.25, 0.3) is 4.85 Å². The fourth-order valence-corrected chi connectivity index (χ4v) is 15.2. The molecule has 0 bridgehead atoms. The Labute approximate surface area is 303 Å². The Kier molecular flexibility index (Phi) is 9.33. The summed E-state index contributed by atoms with van der Waals surface area (Å²) in [5, 5.41) is 3.98. The maximum Gasteiger partial charge on any atom is 0.223 e. The first kappa shape index (κ1) is 36.3. The number of nitrogens with zero attached hydrogens (tertiary/aromatic N) is 5. The first-order valence-electron chi connectivity index (χ1n) is 19.9. The molecule has 0 unspecified atom stereocenters. The number of allylic oxidation sites excluding steroid dienone is 1. The molecule has 1 aromatic heterocycles. The molecule has 0 aromatic carbocycles. The fraction of sp³-hybridized carbons (Fsp3) is 0.829.